The lowest BCUT2D eigenvalue weighted by molar-refractivity contribution is -0.137. The second-order valence-corrected chi connectivity index (χ2v) is 9.37. The van der Waals surface area contributed by atoms with E-state index in [1.165, 1.54) is 12.1 Å². The molecule has 0 spiro atoms. The summed E-state index contributed by atoms with van der Waals surface area (Å²) in [6, 6.07) is 10.2. The standard InChI is InChI=1S/C23H23Cl2F3N2O/c1-30-13-14-8-10-22(30,11-9-14)20(15-4-2-5-16(24)12-15)29-21(31)17-6-3-7-18(19(17)25)23(26,27)28/h2-7,12,14,20H,8-11,13H2,1H3,(H,29,31). The molecule has 0 radical (unpaired) electrons. The van der Waals surface area contributed by atoms with E-state index in [0.717, 1.165) is 43.9 Å². The number of hydrogen-bond acceptors (Lipinski definition) is 2. The average Bonchev–Trinajstić information content (AvgIpc) is 2.72. The topological polar surface area (TPSA) is 32.3 Å². The number of carbonyl (C=O) groups excluding carboxylic acids is 1. The number of fused-ring (bicyclic) bond motifs is 3. The van der Waals surface area contributed by atoms with Crippen molar-refractivity contribution in [3.05, 3.63) is 69.2 Å². The van der Waals surface area contributed by atoms with Gasteiger partial charge in [0.15, 0.2) is 0 Å². The van der Waals surface area contributed by atoms with E-state index in [1.807, 2.05) is 25.2 Å². The Hall–Kier alpha value is -1.76. The summed E-state index contributed by atoms with van der Waals surface area (Å²) in [7, 11) is 2.05. The van der Waals surface area contributed by atoms with Gasteiger partial charge in [0, 0.05) is 17.1 Å². The van der Waals surface area contributed by atoms with Crippen LogP contribution in [0.1, 0.15) is 53.2 Å². The lowest BCUT2D eigenvalue weighted by atomic mass is 9.66. The van der Waals surface area contributed by atoms with Gasteiger partial charge in [0.1, 0.15) is 0 Å². The number of amides is 1. The fraction of sp³-hybridized carbons (Fsp3) is 0.435. The van der Waals surface area contributed by atoms with Gasteiger partial charge in [-0.15, -0.1) is 0 Å². The van der Waals surface area contributed by atoms with Gasteiger partial charge in [0.2, 0.25) is 0 Å². The van der Waals surface area contributed by atoms with Crippen molar-refractivity contribution in [1.29, 1.82) is 0 Å². The smallest absolute Gasteiger partial charge is 0.343 e. The normalized spacial score (nSPS) is 24.8. The predicted molar refractivity (Wildman–Crippen MR) is 115 cm³/mol. The summed E-state index contributed by atoms with van der Waals surface area (Å²) in [5, 5.41) is 2.97. The van der Waals surface area contributed by atoms with Crippen molar-refractivity contribution in [2.45, 2.75) is 43.4 Å². The van der Waals surface area contributed by atoms with Crippen molar-refractivity contribution in [2.24, 2.45) is 5.92 Å². The van der Waals surface area contributed by atoms with E-state index in [4.69, 9.17) is 23.2 Å². The van der Waals surface area contributed by atoms with Crippen molar-refractivity contribution in [3.8, 4) is 0 Å². The molecule has 1 amide bonds. The number of likely N-dealkylation sites (N-methyl/N-ethyl adjacent to an activating group) is 1. The maximum absolute atomic E-state index is 13.3. The lowest BCUT2D eigenvalue weighted by Gasteiger charge is -2.57. The molecule has 2 bridgehead atoms. The second-order valence-electron chi connectivity index (χ2n) is 8.55. The summed E-state index contributed by atoms with van der Waals surface area (Å²) in [6.45, 7) is 0.928. The van der Waals surface area contributed by atoms with Crippen LogP contribution >= 0.6 is 23.2 Å². The number of piperidine rings is 2. The molecule has 3 nitrogen and oxygen atoms in total. The fourth-order valence-corrected chi connectivity index (χ4v) is 5.69. The lowest BCUT2D eigenvalue weighted by Crippen LogP contribution is -2.62. The van der Waals surface area contributed by atoms with E-state index >= 15 is 0 Å². The molecule has 3 fully saturated rings. The molecule has 2 saturated heterocycles. The number of hydrogen-bond donors (Lipinski definition) is 1. The van der Waals surface area contributed by atoms with E-state index in [0.29, 0.717) is 10.9 Å². The number of carbonyl (C=O) groups is 1. The van der Waals surface area contributed by atoms with E-state index in [1.54, 1.807) is 6.07 Å². The maximum Gasteiger partial charge on any atom is 0.417 e. The van der Waals surface area contributed by atoms with Crippen LogP contribution in [0, 0.1) is 5.92 Å². The first-order valence-corrected chi connectivity index (χ1v) is 11.0. The Kier molecular flexibility index (Phi) is 6.01. The minimum Gasteiger partial charge on any atom is -0.343 e. The second kappa shape index (κ2) is 8.30. The van der Waals surface area contributed by atoms with Gasteiger partial charge in [0.25, 0.3) is 5.91 Å². The number of benzene rings is 2. The zero-order valence-electron chi connectivity index (χ0n) is 17.0. The van der Waals surface area contributed by atoms with E-state index in [9.17, 15) is 18.0 Å². The number of nitrogens with zero attached hydrogens (tertiary/aromatic N) is 1. The van der Waals surface area contributed by atoms with Crippen molar-refractivity contribution < 1.29 is 18.0 Å². The predicted octanol–water partition coefficient (Wildman–Crippen LogP) is 6.36. The van der Waals surface area contributed by atoms with Gasteiger partial charge < -0.3 is 5.32 Å². The van der Waals surface area contributed by atoms with Crippen LogP contribution in [0.25, 0.3) is 0 Å². The summed E-state index contributed by atoms with van der Waals surface area (Å²) in [5.74, 6) is 0.0112. The third-order valence-electron chi connectivity index (χ3n) is 6.81. The molecule has 1 atom stereocenters. The van der Waals surface area contributed by atoms with Crippen molar-refractivity contribution in [2.75, 3.05) is 13.6 Å². The molecule has 1 N–H and O–H groups in total. The van der Waals surface area contributed by atoms with Crippen LogP contribution in [0.5, 0.6) is 0 Å². The van der Waals surface area contributed by atoms with Crippen LogP contribution in [0.4, 0.5) is 13.2 Å². The third kappa shape index (κ3) is 4.18. The molecule has 3 aliphatic rings. The summed E-state index contributed by atoms with van der Waals surface area (Å²) in [4.78, 5) is 15.5. The minimum atomic E-state index is -4.64. The Morgan fingerprint density at radius 2 is 1.84 bits per heavy atom. The zero-order valence-corrected chi connectivity index (χ0v) is 18.5. The highest BCUT2D eigenvalue weighted by molar-refractivity contribution is 6.34. The van der Waals surface area contributed by atoms with E-state index in [2.05, 4.69) is 10.2 Å². The van der Waals surface area contributed by atoms with Crippen LogP contribution < -0.4 is 5.32 Å². The summed E-state index contributed by atoms with van der Waals surface area (Å²) >= 11 is 12.3. The van der Waals surface area contributed by atoms with Crippen molar-refractivity contribution in [1.82, 2.24) is 10.2 Å². The number of alkyl halides is 3. The first-order valence-electron chi connectivity index (χ1n) is 10.2. The Bertz CT molecular complexity index is 987. The number of halogens is 5. The molecule has 1 saturated carbocycles. The van der Waals surface area contributed by atoms with Gasteiger partial charge in [-0.1, -0.05) is 41.4 Å². The Morgan fingerprint density at radius 3 is 2.45 bits per heavy atom. The molecule has 1 unspecified atom stereocenters. The SMILES string of the molecule is CN1CC2CCC1(C(NC(=O)c1cccc(C(F)(F)F)c1Cl)c1cccc(Cl)c1)CC2. The van der Waals surface area contributed by atoms with E-state index in [-0.39, 0.29) is 11.1 Å². The van der Waals surface area contributed by atoms with Crippen molar-refractivity contribution >= 4 is 29.1 Å². The molecule has 8 heteroatoms. The molecule has 2 heterocycles. The molecule has 2 aromatic rings. The van der Waals surface area contributed by atoms with Gasteiger partial charge in [-0.25, -0.2) is 0 Å². The van der Waals surface area contributed by atoms with Crippen molar-refractivity contribution in [3.63, 3.8) is 0 Å². The highest BCUT2D eigenvalue weighted by atomic mass is 35.5. The van der Waals surface area contributed by atoms with Crippen LogP contribution in [0.2, 0.25) is 10.0 Å². The molecule has 5 rings (SSSR count). The third-order valence-corrected chi connectivity index (χ3v) is 7.45. The van der Waals surface area contributed by atoms with Gasteiger partial charge in [-0.2, -0.15) is 13.2 Å². The molecular formula is C23H23Cl2F3N2O. The molecule has 31 heavy (non-hydrogen) atoms. The fourth-order valence-electron chi connectivity index (χ4n) is 5.17. The van der Waals surface area contributed by atoms with E-state index < -0.39 is 28.7 Å². The summed E-state index contributed by atoms with van der Waals surface area (Å²) < 4.78 is 39.9. The van der Waals surface area contributed by atoms with Crippen LogP contribution in [0.15, 0.2) is 42.5 Å². The van der Waals surface area contributed by atoms with Gasteiger partial charge in [0.05, 0.1) is 22.2 Å². The van der Waals surface area contributed by atoms with Crippen LogP contribution in [-0.2, 0) is 6.18 Å². The molecular weight excluding hydrogens is 448 g/mol. The molecule has 2 aliphatic heterocycles. The number of nitrogens with one attached hydrogen (secondary N) is 1. The molecule has 1 aliphatic carbocycles. The first-order chi connectivity index (χ1) is 14.6. The van der Waals surface area contributed by atoms with Gasteiger partial charge in [-0.05, 0) is 68.5 Å². The van der Waals surface area contributed by atoms with Gasteiger partial charge >= 0.3 is 6.18 Å². The maximum atomic E-state index is 13.3. The number of rotatable bonds is 4. The minimum absolute atomic E-state index is 0.188. The average molecular weight is 471 g/mol. The monoisotopic (exact) mass is 470 g/mol. The molecule has 2 aromatic carbocycles. The van der Waals surface area contributed by atoms with Gasteiger partial charge in [-0.3, -0.25) is 9.69 Å². The zero-order chi connectivity index (χ0) is 22.4. The summed E-state index contributed by atoms with van der Waals surface area (Å²) in [6.07, 6.45) is -0.743. The first kappa shape index (κ1) is 22.4. The molecule has 0 aromatic heterocycles. The van der Waals surface area contributed by atoms with Crippen LogP contribution in [0.3, 0.4) is 0 Å². The van der Waals surface area contributed by atoms with Crippen LogP contribution in [-0.4, -0.2) is 29.9 Å². The Labute approximate surface area is 189 Å². The highest BCUT2D eigenvalue weighted by Crippen LogP contribution is 2.49. The Balaban J connectivity index is 1.73. The summed E-state index contributed by atoms with van der Waals surface area (Å²) in [5.41, 5.74) is -0.707. The highest BCUT2D eigenvalue weighted by Gasteiger charge is 2.50. The molecule has 166 valence electrons. The quantitative estimate of drug-likeness (QED) is 0.563. The Morgan fingerprint density at radius 1 is 1.16 bits per heavy atom. The largest absolute Gasteiger partial charge is 0.417 e.